The summed E-state index contributed by atoms with van der Waals surface area (Å²) >= 11 is 0. The van der Waals surface area contributed by atoms with Crippen LogP contribution in [0.5, 0.6) is 0 Å². The van der Waals surface area contributed by atoms with E-state index in [-0.39, 0.29) is 16.5 Å². The zero-order valence-electron chi connectivity index (χ0n) is 23.1. The molecule has 7 nitrogen and oxygen atoms in total. The second kappa shape index (κ2) is 13.1. The zero-order chi connectivity index (χ0) is 28.7. The van der Waals surface area contributed by atoms with Crippen LogP contribution in [0.1, 0.15) is 38.8 Å². The minimum atomic E-state index is -4.23. The van der Waals surface area contributed by atoms with Gasteiger partial charge in [0, 0.05) is 0 Å². The maximum Gasteiger partial charge on any atom is 0.410 e. The number of hydrogen-bond donors (Lipinski definition) is 0. The summed E-state index contributed by atoms with van der Waals surface area (Å²) in [6.45, 7) is 11.8. The molecule has 0 spiro atoms. The van der Waals surface area contributed by atoms with Crippen molar-refractivity contribution in [3.05, 3.63) is 65.7 Å². The molecule has 0 aliphatic carbocycles. The Morgan fingerprint density at radius 1 is 1.03 bits per heavy atom. The second-order valence-electron chi connectivity index (χ2n) is 10.8. The van der Waals surface area contributed by atoms with E-state index in [0.717, 1.165) is 10.5 Å². The van der Waals surface area contributed by atoms with E-state index in [2.05, 4.69) is 0 Å². The molecule has 38 heavy (non-hydrogen) atoms. The van der Waals surface area contributed by atoms with Gasteiger partial charge in [-0.1, -0.05) is 68.8 Å². The molecular weight excluding hydrogens is 532 g/mol. The molecule has 0 bridgehead atoms. The van der Waals surface area contributed by atoms with Crippen molar-refractivity contribution in [1.82, 2.24) is 4.90 Å². The fourth-order valence-corrected chi connectivity index (χ4v) is 5.79. The van der Waals surface area contributed by atoms with E-state index in [1.807, 2.05) is 40.8 Å². The highest BCUT2D eigenvalue weighted by molar-refractivity contribution is 7.86. The lowest BCUT2D eigenvalue weighted by Crippen LogP contribution is -2.55. The maximum atomic E-state index is 13.7. The summed E-state index contributed by atoms with van der Waals surface area (Å²) in [7, 11) is -6.67. The Labute approximate surface area is 226 Å². The van der Waals surface area contributed by atoms with Crippen LogP contribution in [0.3, 0.4) is 0 Å². The molecule has 2 aromatic rings. The first-order valence-corrected chi connectivity index (χ1v) is 16.7. The van der Waals surface area contributed by atoms with Crippen molar-refractivity contribution in [3.8, 4) is 0 Å². The minimum absolute atomic E-state index is 0.0770. The monoisotopic (exact) mass is 571 g/mol. The molecule has 0 aliphatic rings. The molecule has 2 rings (SSSR count). The third-order valence-electron chi connectivity index (χ3n) is 6.71. The molecule has 11 heteroatoms. The smallest absolute Gasteiger partial charge is 0.410 e. The van der Waals surface area contributed by atoms with E-state index < -0.39 is 56.3 Å². The van der Waals surface area contributed by atoms with E-state index in [1.165, 1.54) is 12.1 Å². The number of carbonyl (C=O) groups excluding carboxylic acids is 1. The quantitative estimate of drug-likeness (QED) is 0.217. The van der Waals surface area contributed by atoms with Crippen molar-refractivity contribution in [2.45, 2.75) is 82.8 Å². The van der Waals surface area contributed by atoms with Crippen molar-refractivity contribution < 1.29 is 35.3 Å². The molecule has 0 aromatic heterocycles. The Balaban J connectivity index is 2.37. The molecule has 0 N–H and O–H groups in total. The number of halogens is 2. The summed E-state index contributed by atoms with van der Waals surface area (Å²) in [6.07, 6.45) is -4.73. The predicted molar refractivity (Wildman–Crippen MR) is 145 cm³/mol. The van der Waals surface area contributed by atoms with E-state index >= 15 is 0 Å². The predicted octanol–water partition coefficient (Wildman–Crippen LogP) is 6.38. The lowest BCUT2D eigenvalue weighted by Gasteiger charge is -2.42. The molecule has 0 heterocycles. The van der Waals surface area contributed by atoms with Gasteiger partial charge in [-0.2, -0.15) is 8.42 Å². The summed E-state index contributed by atoms with van der Waals surface area (Å²) in [4.78, 5) is 13.9. The molecule has 0 fully saturated rings. The van der Waals surface area contributed by atoms with Crippen molar-refractivity contribution in [3.63, 3.8) is 0 Å². The fraction of sp³-hybridized carbons (Fsp3) is 0.519. The zero-order valence-corrected chi connectivity index (χ0v) is 24.9. The number of amides is 1. The highest BCUT2D eigenvalue weighted by Gasteiger charge is 2.42. The van der Waals surface area contributed by atoms with Gasteiger partial charge in [0.1, 0.15) is 6.61 Å². The average Bonchev–Trinajstić information content (AvgIpc) is 2.81. The van der Waals surface area contributed by atoms with Gasteiger partial charge in [-0.25, -0.2) is 13.6 Å². The number of rotatable bonds is 12. The van der Waals surface area contributed by atoms with Gasteiger partial charge in [-0.3, -0.25) is 9.08 Å². The first-order chi connectivity index (χ1) is 17.5. The second-order valence-corrected chi connectivity index (χ2v) is 17.2. The Morgan fingerprint density at radius 2 is 1.61 bits per heavy atom. The largest absolute Gasteiger partial charge is 0.445 e. The molecule has 2 atom stereocenters. The summed E-state index contributed by atoms with van der Waals surface area (Å²) in [5, 5.41) is -0.220. The van der Waals surface area contributed by atoms with Gasteiger partial charge in [0.2, 0.25) is 0 Å². The lowest BCUT2D eigenvalue weighted by atomic mass is 10.1. The summed E-state index contributed by atoms with van der Waals surface area (Å²) in [6, 6.07) is 13.7. The van der Waals surface area contributed by atoms with Crippen LogP contribution < -0.4 is 0 Å². The van der Waals surface area contributed by atoms with Crippen LogP contribution in [0.15, 0.2) is 59.5 Å². The minimum Gasteiger partial charge on any atom is -0.445 e. The summed E-state index contributed by atoms with van der Waals surface area (Å²) in [5.74, 6) is 0. The van der Waals surface area contributed by atoms with Crippen molar-refractivity contribution in [2.24, 2.45) is 0 Å². The van der Waals surface area contributed by atoms with Crippen LogP contribution in [0.25, 0.3) is 0 Å². The molecule has 0 aliphatic heterocycles. The number of hydrogen-bond acceptors (Lipinski definition) is 6. The van der Waals surface area contributed by atoms with Crippen LogP contribution in [-0.2, 0) is 30.1 Å². The van der Waals surface area contributed by atoms with Gasteiger partial charge < -0.3 is 9.16 Å². The van der Waals surface area contributed by atoms with Crippen LogP contribution in [0.2, 0.25) is 18.1 Å². The van der Waals surface area contributed by atoms with Crippen LogP contribution in [0, 0.1) is 6.92 Å². The topological polar surface area (TPSA) is 82.1 Å². The number of nitrogens with zero attached hydrogens (tertiary/aromatic N) is 1. The third kappa shape index (κ3) is 9.14. The Kier molecular flexibility index (Phi) is 11.0. The lowest BCUT2D eigenvalue weighted by molar-refractivity contribution is -0.00250. The normalized spacial score (nSPS) is 14.3. The number of aryl methyl sites for hydroxylation is 1. The Hall–Kier alpha value is -2.34. The highest BCUT2D eigenvalue weighted by Crippen LogP contribution is 2.38. The number of carbonyl (C=O) groups is 1. The van der Waals surface area contributed by atoms with Crippen molar-refractivity contribution in [1.29, 1.82) is 0 Å². The standard InChI is InChI=1S/C27H39F2NO6SSi/c1-20-13-15-23(16-14-20)37(32,33)35-19-24(21(2)36-38(6,7)27(3,4)5)30(17-25(28)29)26(31)34-18-22-11-9-8-10-12-22/h8-16,21,24-25H,17-19H2,1-7H3. The molecule has 2 unspecified atom stereocenters. The van der Waals surface area contributed by atoms with Gasteiger partial charge in [0.05, 0.1) is 30.2 Å². The highest BCUT2D eigenvalue weighted by atomic mass is 32.2. The van der Waals surface area contributed by atoms with E-state index in [9.17, 15) is 22.0 Å². The van der Waals surface area contributed by atoms with Crippen LogP contribution in [0.4, 0.5) is 13.6 Å². The van der Waals surface area contributed by atoms with E-state index in [1.54, 1.807) is 49.4 Å². The van der Waals surface area contributed by atoms with Gasteiger partial charge in [0.15, 0.2) is 8.32 Å². The first kappa shape index (κ1) is 31.9. The van der Waals surface area contributed by atoms with Gasteiger partial charge in [0.25, 0.3) is 16.5 Å². The Morgan fingerprint density at radius 3 is 2.13 bits per heavy atom. The van der Waals surface area contributed by atoms with Crippen LogP contribution in [-0.4, -0.2) is 59.5 Å². The van der Waals surface area contributed by atoms with Gasteiger partial charge >= 0.3 is 6.09 Å². The Bertz CT molecular complexity index is 1140. The van der Waals surface area contributed by atoms with Crippen molar-refractivity contribution in [2.75, 3.05) is 13.2 Å². The number of ether oxygens (including phenoxy) is 1. The molecule has 0 saturated heterocycles. The third-order valence-corrected chi connectivity index (χ3v) is 12.6. The fourth-order valence-electron chi connectivity index (χ4n) is 3.43. The molecule has 2 aromatic carbocycles. The summed E-state index contributed by atoms with van der Waals surface area (Å²) < 4.78 is 70.3. The number of benzene rings is 2. The van der Waals surface area contributed by atoms with E-state index in [4.69, 9.17) is 13.3 Å². The molecule has 0 radical (unpaired) electrons. The van der Waals surface area contributed by atoms with Gasteiger partial charge in [-0.05, 0) is 49.7 Å². The van der Waals surface area contributed by atoms with E-state index in [0.29, 0.717) is 5.56 Å². The summed E-state index contributed by atoms with van der Waals surface area (Å²) in [5.41, 5.74) is 1.54. The molecule has 0 saturated carbocycles. The van der Waals surface area contributed by atoms with Crippen LogP contribution >= 0.6 is 0 Å². The maximum absolute atomic E-state index is 13.7. The first-order valence-electron chi connectivity index (χ1n) is 12.4. The average molecular weight is 572 g/mol. The molecule has 212 valence electrons. The SMILES string of the molecule is Cc1ccc(S(=O)(=O)OCC(C(C)O[Si](C)(C)C(C)(C)C)N(CC(F)F)C(=O)OCc2ccccc2)cc1. The molecule has 1 amide bonds. The number of alkyl halides is 2. The van der Waals surface area contributed by atoms with Crippen molar-refractivity contribution >= 4 is 24.5 Å². The molecular formula is C27H39F2NO6SSi. The van der Waals surface area contributed by atoms with Gasteiger partial charge in [-0.15, -0.1) is 0 Å².